The van der Waals surface area contributed by atoms with Crippen molar-refractivity contribution < 1.29 is 23.9 Å². The van der Waals surface area contributed by atoms with Crippen molar-refractivity contribution in [2.45, 2.75) is 40.0 Å². The van der Waals surface area contributed by atoms with E-state index < -0.39 is 24.4 Å². The molecule has 7 nitrogen and oxygen atoms in total. The van der Waals surface area contributed by atoms with E-state index in [1.807, 2.05) is 63.2 Å². The van der Waals surface area contributed by atoms with Crippen LogP contribution >= 0.6 is 0 Å². The molecule has 0 aromatic heterocycles. The summed E-state index contributed by atoms with van der Waals surface area (Å²) in [4.78, 5) is 39.4. The minimum Gasteiger partial charge on any atom is -0.457 e. The summed E-state index contributed by atoms with van der Waals surface area (Å²) in [5, 5.41) is 2.89. The molecule has 37 heavy (non-hydrogen) atoms. The fourth-order valence-electron chi connectivity index (χ4n) is 4.38. The zero-order chi connectivity index (χ0) is 26.4. The van der Waals surface area contributed by atoms with Crippen molar-refractivity contribution in [1.29, 1.82) is 0 Å². The second-order valence-corrected chi connectivity index (χ2v) is 9.13. The number of rotatable bonds is 9. The summed E-state index contributed by atoms with van der Waals surface area (Å²) in [5.41, 5.74) is 4.68. The van der Waals surface area contributed by atoms with E-state index >= 15 is 0 Å². The highest BCUT2D eigenvalue weighted by Crippen LogP contribution is 2.29. The molecule has 1 heterocycles. The van der Waals surface area contributed by atoms with Crippen LogP contribution in [0.5, 0.6) is 11.5 Å². The van der Waals surface area contributed by atoms with Gasteiger partial charge in [0.15, 0.2) is 6.61 Å². The number of aryl methyl sites for hydroxylation is 3. The highest BCUT2D eigenvalue weighted by Gasteiger charge is 2.36. The molecular weight excluding hydrogens is 468 g/mol. The molecule has 0 saturated carbocycles. The normalized spacial score (nSPS) is 14.9. The summed E-state index contributed by atoms with van der Waals surface area (Å²) in [6.07, 6.45) is 1.60. The summed E-state index contributed by atoms with van der Waals surface area (Å²) in [7, 11) is 0. The molecule has 1 N–H and O–H groups in total. The Kier molecular flexibility index (Phi) is 8.23. The van der Waals surface area contributed by atoms with E-state index in [4.69, 9.17) is 9.47 Å². The lowest BCUT2D eigenvalue weighted by Crippen LogP contribution is -2.28. The van der Waals surface area contributed by atoms with Crippen LogP contribution in [0.15, 0.2) is 66.7 Å². The Hall–Kier alpha value is -4.13. The Bertz CT molecular complexity index is 1250. The highest BCUT2D eigenvalue weighted by atomic mass is 16.5. The van der Waals surface area contributed by atoms with Gasteiger partial charge < -0.3 is 19.7 Å². The Labute approximate surface area is 217 Å². The van der Waals surface area contributed by atoms with Crippen LogP contribution in [0.4, 0.5) is 11.4 Å². The van der Waals surface area contributed by atoms with E-state index in [1.54, 1.807) is 29.2 Å². The molecule has 1 aliphatic rings. The average Bonchev–Trinajstić information content (AvgIpc) is 3.30. The molecule has 0 radical (unpaired) electrons. The van der Waals surface area contributed by atoms with Crippen LogP contribution in [0, 0.1) is 12.8 Å². The van der Waals surface area contributed by atoms with Gasteiger partial charge in [0.2, 0.25) is 5.91 Å². The van der Waals surface area contributed by atoms with Gasteiger partial charge in [-0.05, 0) is 67.3 Å². The molecule has 3 aromatic carbocycles. The molecule has 0 aliphatic carbocycles. The minimum atomic E-state index is -0.627. The molecule has 7 heteroatoms. The second-order valence-electron chi connectivity index (χ2n) is 9.13. The Balaban J connectivity index is 1.31. The number of para-hydroxylation sites is 1. The number of hydrogen-bond acceptors (Lipinski definition) is 5. The smallest absolute Gasteiger partial charge is 0.311 e. The SMILES string of the molecule is CCc1cccc(CC)c1NC(=O)COC(=O)[C@@H]1CC(=O)N(c2ccc(Oc3ccc(C)cc3)cc2)C1. The molecule has 1 saturated heterocycles. The van der Waals surface area contributed by atoms with E-state index in [-0.39, 0.29) is 18.9 Å². The number of nitrogens with one attached hydrogen (secondary N) is 1. The molecule has 0 bridgehead atoms. The maximum absolute atomic E-state index is 12.7. The van der Waals surface area contributed by atoms with Crippen molar-refractivity contribution >= 4 is 29.2 Å². The fourth-order valence-corrected chi connectivity index (χ4v) is 4.38. The summed E-state index contributed by atoms with van der Waals surface area (Å²) in [6.45, 7) is 5.87. The maximum Gasteiger partial charge on any atom is 0.311 e. The molecule has 0 spiro atoms. The first kappa shape index (κ1) is 25.9. The summed E-state index contributed by atoms with van der Waals surface area (Å²) in [5.74, 6) is -0.358. The second kappa shape index (κ2) is 11.7. The fraction of sp³-hybridized carbons (Fsp3) is 0.300. The molecule has 3 aromatic rings. The molecular formula is C30H32N2O5. The summed E-state index contributed by atoms with van der Waals surface area (Å²) >= 11 is 0. The van der Waals surface area contributed by atoms with Crippen LogP contribution in [-0.2, 0) is 32.0 Å². The number of benzene rings is 3. The Morgan fingerprint density at radius 2 is 1.51 bits per heavy atom. The lowest BCUT2D eigenvalue weighted by Gasteiger charge is -2.17. The van der Waals surface area contributed by atoms with Gasteiger partial charge in [-0.2, -0.15) is 0 Å². The predicted molar refractivity (Wildman–Crippen MR) is 143 cm³/mol. The van der Waals surface area contributed by atoms with Crippen molar-refractivity contribution in [3.8, 4) is 11.5 Å². The summed E-state index contributed by atoms with van der Waals surface area (Å²) < 4.78 is 11.1. The number of esters is 1. The molecule has 1 fully saturated rings. The van der Waals surface area contributed by atoms with Gasteiger partial charge in [-0.1, -0.05) is 49.7 Å². The number of carbonyl (C=O) groups is 3. The van der Waals surface area contributed by atoms with Crippen molar-refractivity contribution in [2.24, 2.45) is 5.92 Å². The van der Waals surface area contributed by atoms with E-state index in [0.29, 0.717) is 11.4 Å². The van der Waals surface area contributed by atoms with Gasteiger partial charge in [-0.15, -0.1) is 0 Å². The van der Waals surface area contributed by atoms with E-state index in [0.717, 1.165) is 41.0 Å². The topological polar surface area (TPSA) is 84.9 Å². The number of anilines is 2. The van der Waals surface area contributed by atoms with Crippen LogP contribution in [-0.4, -0.2) is 30.9 Å². The van der Waals surface area contributed by atoms with Gasteiger partial charge in [-0.3, -0.25) is 14.4 Å². The van der Waals surface area contributed by atoms with Gasteiger partial charge in [0.25, 0.3) is 5.91 Å². The van der Waals surface area contributed by atoms with Crippen LogP contribution in [0.2, 0.25) is 0 Å². The number of amides is 2. The maximum atomic E-state index is 12.7. The number of nitrogens with zero attached hydrogens (tertiary/aromatic N) is 1. The van der Waals surface area contributed by atoms with Crippen molar-refractivity contribution in [1.82, 2.24) is 0 Å². The Morgan fingerprint density at radius 1 is 0.919 bits per heavy atom. The van der Waals surface area contributed by atoms with Crippen LogP contribution in [0.1, 0.15) is 37.0 Å². The molecule has 0 unspecified atom stereocenters. The first-order valence-electron chi connectivity index (χ1n) is 12.6. The van der Waals surface area contributed by atoms with Crippen molar-refractivity contribution in [3.05, 3.63) is 83.4 Å². The Morgan fingerprint density at radius 3 is 2.11 bits per heavy atom. The number of carbonyl (C=O) groups excluding carboxylic acids is 3. The van der Waals surface area contributed by atoms with Gasteiger partial charge in [0, 0.05) is 24.3 Å². The quantitative estimate of drug-likeness (QED) is 0.395. The van der Waals surface area contributed by atoms with Crippen molar-refractivity contribution in [2.75, 3.05) is 23.4 Å². The highest BCUT2D eigenvalue weighted by molar-refractivity contribution is 6.00. The lowest BCUT2D eigenvalue weighted by atomic mass is 10.0. The zero-order valence-electron chi connectivity index (χ0n) is 21.5. The largest absolute Gasteiger partial charge is 0.457 e. The average molecular weight is 501 g/mol. The van der Waals surface area contributed by atoms with Crippen LogP contribution < -0.4 is 15.0 Å². The zero-order valence-corrected chi connectivity index (χ0v) is 21.5. The monoisotopic (exact) mass is 500 g/mol. The van der Waals surface area contributed by atoms with E-state index in [2.05, 4.69) is 5.32 Å². The first-order valence-corrected chi connectivity index (χ1v) is 12.6. The van der Waals surface area contributed by atoms with Crippen LogP contribution in [0.25, 0.3) is 0 Å². The van der Waals surface area contributed by atoms with Gasteiger partial charge in [0.05, 0.1) is 5.92 Å². The lowest BCUT2D eigenvalue weighted by molar-refractivity contribution is -0.151. The third-order valence-electron chi connectivity index (χ3n) is 6.47. The molecule has 2 amide bonds. The number of ether oxygens (including phenoxy) is 2. The van der Waals surface area contributed by atoms with E-state index in [1.165, 1.54) is 0 Å². The summed E-state index contributed by atoms with van der Waals surface area (Å²) in [6, 6.07) is 20.8. The molecule has 1 atom stereocenters. The molecule has 4 rings (SSSR count). The van der Waals surface area contributed by atoms with Gasteiger partial charge in [-0.25, -0.2) is 0 Å². The third-order valence-corrected chi connectivity index (χ3v) is 6.47. The standard InChI is InChI=1S/C30H32N2O5/c1-4-21-7-6-8-22(5-2)29(21)31-27(33)19-36-30(35)23-17-28(34)32(18-23)24-11-15-26(16-12-24)37-25-13-9-20(3)10-14-25/h6-16,23H,4-5,17-19H2,1-3H3,(H,31,33)/t23-/m1/s1. The van der Waals surface area contributed by atoms with Crippen LogP contribution in [0.3, 0.4) is 0 Å². The van der Waals surface area contributed by atoms with E-state index in [9.17, 15) is 14.4 Å². The first-order chi connectivity index (χ1) is 17.9. The van der Waals surface area contributed by atoms with Crippen molar-refractivity contribution in [3.63, 3.8) is 0 Å². The molecule has 1 aliphatic heterocycles. The minimum absolute atomic E-state index is 0.0424. The molecule has 192 valence electrons. The third kappa shape index (κ3) is 6.36. The van der Waals surface area contributed by atoms with Gasteiger partial charge in [0.1, 0.15) is 11.5 Å². The number of hydrogen-bond donors (Lipinski definition) is 1. The van der Waals surface area contributed by atoms with Gasteiger partial charge >= 0.3 is 5.97 Å². The predicted octanol–water partition coefficient (Wildman–Crippen LogP) is 5.45.